The first-order chi connectivity index (χ1) is 11.8. The number of likely N-dealkylation sites (tertiary alicyclic amines) is 1. The van der Waals surface area contributed by atoms with Crippen LogP contribution in [0.2, 0.25) is 0 Å². The molecule has 1 fully saturated rings. The number of nitrogens with zero attached hydrogens (tertiary/aromatic N) is 1. The molecule has 7 nitrogen and oxygen atoms in total. The number of piperidine rings is 1. The highest BCUT2D eigenvalue weighted by atomic mass is 16.6. The van der Waals surface area contributed by atoms with E-state index in [0.29, 0.717) is 30.8 Å². The molecule has 0 atom stereocenters. The molecule has 0 unspecified atom stereocenters. The number of amides is 1. The zero-order chi connectivity index (χ0) is 17.8. The average Bonchev–Trinajstić information content (AvgIpc) is 3.06. The van der Waals surface area contributed by atoms with E-state index >= 15 is 0 Å². The molecule has 1 aromatic carbocycles. The third kappa shape index (κ3) is 2.67. The van der Waals surface area contributed by atoms with Crippen LogP contribution < -0.4 is 10.5 Å². The molecule has 1 N–H and O–H groups in total. The standard InChI is InChI=1S/C18H22N2O5/c1-17(2,3)25-16(22)20-8-6-18(7-9-20)10-23-12-5-4-11-14(13(12)18)24-15(21)19-11/h4-5H,6-10H2,1-3H3,(H,19,21). The molecule has 1 spiro atoms. The van der Waals surface area contributed by atoms with Gasteiger partial charge in [0.05, 0.1) is 12.1 Å². The van der Waals surface area contributed by atoms with Crippen LogP contribution in [0.4, 0.5) is 4.79 Å². The van der Waals surface area contributed by atoms with Crippen LogP contribution in [0.5, 0.6) is 5.75 Å². The number of benzene rings is 1. The zero-order valence-corrected chi connectivity index (χ0v) is 14.7. The number of aromatic nitrogens is 1. The maximum absolute atomic E-state index is 12.3. The van der Waals surface area contributed by atoms with Crippen LogP contribution in [0.1, 0.15) is 39.2 Å². The summed E-state index contributed by atoms with van der Waals surface area (Å²) in [5.41, 5.74) is 1.47. The fourth-order valence-electron chi connectivity index (χ4n) is 3.75. The van der Waals surface area contributed by atoms with Crippen LogP contribution >= 0.6 is 0 Å². The predicted molar refractivity (Wildman–Crippen MR) is 91.0 cm³/mol. The number of hydrogen-bond acceptors (Lipinski definition) is 5. The van der Waals surface area contributed by atoms with E-state index in [1.165, 1.54) is 0 Å². The van der Waals surface area contributed by atoms with E-state index in [-0.39, 0.29) is 11.5 Å². The molecule has 0 bridgehead atoms. The molecule has 134 valence electrons. The van der Waals surface area contributed by atoms with Crippen molar-refractivity contribution in [2.45, 2.75) is 44.6 Å². The van der Waals surface area contributed by atoms with Crippen LogP contribution in [0.15, 0.2) is 21.3 Å². The van der Waals surface area contributed by atoms with Gasteiger partial charge in [0.1, 0.15) is 11.4 Å². The van der Waals surface area contributed by atoms with Gasteiger partial charge in [0.25, 0.3) is 0 Å². The maximum atomic E-state index is 12.3. The van der Waals surface area contributed by atoms with E-state index in [0.717, 1.165) is 24.2 Å². The number of ether oxygens (including phenoxy) is 2. The minimum Gasteiger partial charge on any atom is -0.492 e. The number of aromatic amines is 1. The normalized spacial score (nSPS) is 19.1. The fraction of sp³-hybridized carbons (Fsp3) is 0.556. The SMILES string of the molecule is CC(C)(C)OC(=O)N1CCC2(CC1)COc1ccc3[nH]c(=O)oc3c12. The fourth-order valence-corrected chi connectivity index (χ4v) is 3.75. The molecule has 3 heterocycles. The highest BCUT2D eigenvalue weighted by Gasteiger charge is 2.46. The Kier molecular flexibility index (Phi) is 3.39. The molecular formula is C18H22N2O5. The van der Waals surface area contributed by atoms with Crippen LogP contribution in [0.25, 0.3) is 11.1 Å². The Morgan fingerprint density at radius 2 is 2.00 bits per heavy atom. The van der Waals surface area contributed by atoms with E-state index in [4.69, 9.17) is 13.9 Å². The Hall–Kier alpha value is -2.44. The third-order valence-corrected chi connectivity index (χ3v) is 4.96. The lowest BCUT2D eigenvalue weighted by molar-refractivity contribution is 0.0153. The van der Waals surface area contributed by atoms with Crippen molar-refractivity contribution in [3.8, 4) is 5.75 Å². The number of H-pyrrole nitrogens is 1. The first kappa shape index (κ1) is 16.1. The van der Waals surface area contributed by atoms with Crippen molar-refractivity contribution in [1.29, 1.82) is 0 Å². The van der Waals surface area contributed by atoms with E-state index in [9.17, 15) is 9.59 Å². The minimum atomic E-state index is -0.504. The van der Waals surface area contributed by atoms with Gasteiger partial charge < -0.3 is 18.8 Å². The summed E-state index contributed by atoms with van der Waals surface area (Å²) >= 11 is 0. The molecule has 7 heteroatoms. The number of carbonyl (C=O) groups excluding carboxylic acids is 1. The highest BCUT2D eigenvalue weighted by molar-refractivity contribution is 5.81. The van der Waals surface area contributed by atoms with E-state index in [2.05, 4.69) is 4.98 Å². The predicted octanol–water partition coefficient (Wildman–Crippen LogP) is 2.78. The average molecular weight is 346 g/mol. The van der Waals surface area contributed by atoms with E-state index in [1.807, 2.05) is 26.8 Å². The molecule has 2 aliphatic heterocycles. The van der Waals surface area contributed by atoms with Gasteiger partial charge >= 0.3 is 11.8 Å². The lowest BCUT2D eigenvalue weighted by atomic mass is 9.74. The summed E-state index contributed by atoms with van der Waals surface area (Å²) < 4.78 is 16.7. The summed E-state index contributed by atoms with van der Waals surface area (Å²) in [6.45, 7) is 7.30. The summed E-state index contributed by atoms with van der Waals surface area (Å²) in [6.07, 6.45) is 1.20. The molecule has 0 radical (unpaired) electrons. The molecule has 25 heavy (non-hydrogen) atoms. The van der Waals surface area contributed by atoms with Crippen molar-refractivity contribution in [1.82, 2.24) is 9.88 Å². The molecule has 1 aromatic heterocycles. The van der Waals surface area contributed by atoms with Crippen LogP contribution in [0, 0.1) is 0 Å². The van der Waals surface area contributed by atoms with Gasteiger partial charge in [0.15, 0.2) is 5.58 Å². The first-order valence-corrected chi connectivity index (χ1v) is 8.54. The van der Waals surface area contributed by atoms with Gasteiger partial charge in [-0.15, -0.1) is 0 Å². The summed E-state index contributed by atoms with van der Waals surface area (Å²) in [4.78, 5) is 28.3. The Labute approximate surface area is 144 Å². The van der Waals surface area contributed by atoms with Crippen LogP contribution in [-0.2, 0) is 10.2 Å². The summed E-state index contributed by atoms with van der Waals surface area (Å²) in [5.74, 6) is 0.303. The van der Waals surface area contributed by atoms with Gasteiger partial charge in [-0.25, -0.2) is 9.59 Å². The molecule has 1 amide bonds. The molecule has 2 aromatic rings. The first-order valence-electron chi connectivity index (χ1n) is 8.54. The zero-order valence-electron chi connectivity index (χ0n) is 14.7. The molecule has 0 saturated carbocycles. The third-order valence-electron chi connectivity index (χ3n) is 4.96. The summed E-state index contributed by atoms with van der Waals surface area (Å²) in [6, 6.07) is 3.67. The topological polar surface area (TPSA) is 84.8 Å². The molecule has 4 rings (SSSR count). The van der Waals surface area contributed by atoms with Crippen molar-refractivity contribution in [3.63, 3.8) is 0 Å². The van der Waals surface area contributed by atoms with Gasteiger partial charge in [-0.3, -0.25) is 4.98 Å². The van der Waals surface area contributed by atoms with Crippen LogP contribution in [0.3, 0.4) is 0 Å². The van der Waals surface area contributed by atoms with Crippen molar-refractivity contribution < 1.29 is 18.7 Å². The Morgan fingerprint density at radius 3 is 2.68 bits per heavy atom. The smallest absolute Gasteiger partial charge is 0.417 e. The second kappa shape index (κ2) is 5.28. The Morgan fingerprint density at radius 1 is 1.28 bits per heavy atom. The molecule has 1 saturated heterocycles. The van der Waals surface area contributed by atoms with Crippen molar-refractivity contribution >= 4 is 17.2 Å². The van der Waals surface area contributed by atoms with Crippen LogP contribution in [-0.4, -0.2) is 41.3 Å². The van der Waals surface area contributed by atoms with Crippen molar-refractivity contribution in [2.75, 3.05) is 19.7 Å². The van der Waals surface area contributed by atoms with E-state index < -0.39 is 11.4 Å². The molecule has 0 aliphatic carbocycles. The minimum absolute atomic E-state index is 0.231. The van der Waals surface area contributed by atoms with Gasteiger partial charge in [0.2, 0.25) is 0 Å². The van der Waals surface area contributed by atoms with Gasteiger partial charge in [-0.05, 0) is 45.7 Å². The maximum Gasteiger partial charge on any atom is 0.417 e. The number of rotatable bonds is 0. The molecule has 2 aliphatic rings. The molecular weight excluding hydrogens is 324 g/mol. The largest absolute Gasteiger partial charge is 0.492 e. The Balaban J connectivity index is 1.60. The number of carbonyl (C=O) groups is 1. The summed E-state index contributed by atoms with van der Waals surface area (Å²) in [5, 5.41) is 0. The van der Waals surface area contributed by atoms with Crippen molar-refractivity contribution in [3.05, 3.63) is 28.2 Å². The number of nitrogens with one attached hydrogen (secondary N) is 1. The quantitative estimate of drug-likeness (QED) is 0.793. The lowest BCUT2D eigenvalue weighted by Gasteiger charge is -2.38. The number of fused-ring (bicyclic) bond motifs is 4. The van der Waals surface area contributed by atoms with Gasteiger partial charge in [-0.2, -0.15) is 0 Å². The second-order valence-electron chi connectivity index (χ2n) is 7.87. The summed E-state index contributed by atoms with van der Waals surface area (Å²) in [7, 11) is 0. The van der Waals surface area contributed by atoms with Crippen molar-refractivity contribution in [2.24, 2.45) is 0 Å². The number of hydrogen-bond donors (Lipinski definition) is 1. The lowest BCUT2D eigenvalue weighted by Crippen LogP contribution is -2.47. The second-order valence-corrected chi connectivity index (χ2v) is 7.87. The van der Waals surface area contributed by atoms with E-state index in [1.54, 1.807) is 11.0 Å². The van der Waals surface area contributed by atoms with Gasteiger partial charge in [0, 0.05) is 24.1 Å². The monoisotopic (exact) mass is 346 g/mol. The number of oxazole rings is 1. The Bertz CT molecular complexity index is 881. The highest BCUT2D eigenvalue weighted by Crippen LogP contribution is 2.48. The van der Waals surface area contributed by atoms with Gasteiger partial charge in [-0.1, -0.05) is 0 Å².